The van der Waals surface area contributed by atoms with Crippen LogP contribution in [0.3, 0.4) is 0 Å². The zero-order chi connectivity index (χ0) is 13.1. The zero-order valence-electron chi connectivity index (χ0n) is 11.4. The van der Waals surface area contributed by atoms with Crippen LogP contribution in [0, 0.1) is 0 Å². The van der Waals surface area contributed by atoms with Gasteiger partial charge in [-0.3, -0.25) is 4.79 Å². The van der Waals surface area contributed by atoms with Crippen LogP contribution in [0.4, 0.5) is 0 Å². The van der Waals surface area contributed by atoms with Crippen molar-refractivity contribution < 1.29 is 4.79 Å². The van der Waals surface area contributed by atoms with Gasteiger partial charge in [-0.05, 0) is 37.3 Å². The number of nitrogens with one attached hydrogen (secondary N) is 1. The van der Waals surface area contributed by atoms with E-state index in [4.69, 9.17) is 0 Å². The van der Waals surface area contributed by atoms with Gasteiger partial charge in [-0.2, -0.15) is 0 Å². The number of fused-ring (bicyclic) bond motifs is 1. The van der Waals surface area contributed by atoms with Crippen LogP contribution in [0.1, 0.15) is 24.5 Å². The Kier molecular flexibility index (Phi) is 4.02. The largest absolute Gasteiger partial charge is 0.347 e. The molecular formula is C15H22N2O. The molecule has 0 aromatic heterocycles. The summed E-state index contributed by atoms with van der Waals surface area (Å²) < 4.78 is 0. The average molecular weight is 246 g/mol. The Morgan fingerprint density at radius 2 is 2.00 bits per heavy atom. The molecule has 98 valence electrons. The summed E-state index contributed by atoms with van der Waals surface area (Å²) in [6.07, 6.45) is 3.25. The predicted octanol–water partition coefficient (Wildman–Crippen LogP) is 1.61. The molecule has 0 radical (unpaired) electrons. The van der Waals surface area contributed by atoms with Gasteiger partial charge in [0.05, 0.1) is 6.04 Å². The fourth-order valence-electron chi connectivity index (χ4n) is 2.65. The van der Waals surface area contributed by atoms with Gasteiger partial charge in [-0.1, -0.05) is 24.3 Å². The summed E-state index contributed by atoms with van der Waals surface area (Å²) >= 11 is 0. The number of hydrogen-bond donors (Lipinski definition) is 1. The summed E-state index contributed by atoms with van der Waals surface area (Å²) in [5.74, 6) is 0.147. The maximum atomic E-state index is 11.8. The van der Waals surface area contributed by atoms with Crippen molar-refractivity contribution in [3.63, 3.8) is 0 Å². The summed E-state index contributed by atoms with van der Waals surface area (Å²) in [4.78, 5) is 13.5. The Morgan fingerprint density at radius 1 is 1.33 bits per heavy atom. The van der Waals surface area contributed by atoms with Crippen molar-refractivity contribution in [2.45, 2.75) is 38.3 Å². The van der Waals surface area contributed by atoms with Gasteiger partial charge in [-0.15, -0.1) is 0 Å². The Hall–Kier alpha value is -1.35. The summed E-state index contributed by atoms with van der Waals surface area (Å²) in [6.45, 7) is 1.95. The number of likely N-dealkylation sites (N-methyl/N-ethyl adjacent to an activating group) is 1. The highest BCUT2D eigenvalue weighted by Crippen LogP contribution is 2.21. The lowest BCUT2D eigenvalue weighted by Gasteiger charge is -2.29. The van der Waals surface area contributed by atoms with Crippen LogP contribution < -0.4 is 5.32 Å². The lowest BCUT2D eigenvalue weighted by Crippen LogP contribution is -2.47. The van der Waals surface area contributed by atoms with Crippen molar-refractivity contribution in [1.82, 2.24) is 10.2 Å². The van der Waals surface area contributed by atoms with Crippen LogP contribution in [0.15, 0.2) is 24.3 Å². The van der Waals surface area contributed by atoms with Crippen molar-refractivity contribution in [3.8, 4) is 0 Å². The smallest absolute Gasteiger partial charge is 0.238 e. The lowest BCUT2D eigenvalue weighted by atomic mass is 9.88. The summed E-state index contributed by atoms with van der Waals surface area (Å²) in [7, 11) is 3.60. The SMILES string of the molecule is CC(NC1CCc2ccccc2C1)C(=O)N(C)C. The first-order valence-electron chi connectivity index (χ1n) is 6.62. The quantitative estimate of drug-likeness (QED) is 0.879. The van der Waals surface area contributed by atoms with Crippen LogP contribution in [0.5, 0.6) is 0 Å². The van der Waals surface area contributed by atoms with Crippen molar-refractivity contribution >= 4 is 5.91 Å². The van der Waals surface area contributed by atoms with Gasteiger partial charge in [-0.25, -0.2) is 0 Å². The number of benzene rings is 1. The van der Waals surface area contributed by atoms with E-state index in [9.17, 15) is 4.79 Å². The minimum atomic E-state index is -0.102. The van der Waals surface area contributed by atoms with Gasteiger partial charge in [0, 0.05) is 20.1 Å². The van der Waals surface area contributed by atoms with Crippen molar-refractivity contribution in [2.75, 3.05) is 14.1 Å². The molecule has 0 heterocycles. The van der Waals surface area contributed by atoms with E-state index in [1.807, 2.05) is 6.92 Å². The number of hydrogen-bond acceptors (Lipinski definition) is 2. The first kappa shape index (κ1) is 13.1. The number of rotatable bonds is 3. The van der Waals surface area contributed by atoms with Gasteiger partial charge in [0.2, 0.25) is 5.91 Å². The third-order valence-corrected chi connectivity index (χ3v) is 3.64. The van der Waals surface area contributed by atoms with Gasteiger partial charge in [0.25, 0.3) is 0 Å². The monoisotopic (exact) mass is 246 g/mol. The van der Waals surface area contributed by atoms with E-state index in [-0.39, 0.29) is 11.9 Å². The Labute approximate surface area is 109 Å². The molecule has 3 heteroatoms. The van der Waals surface area contributed by atoms with Crippen LogP contribution in [-0.4, -0.2) is 37.0 Å². The molecule has 1 N–H and O–H groups in total. The number of carbonyl (C=O) groups is 1. The third kappa shape index (κ3) is 2.91. The van der Waals surface area contributed by atoms with Crippen molar-refractivity contribution in [1.29, 1.82) is 0 Å². The third-order valence-electron chi connectivity index (χ3n) is 3.64. The maximum Gasteiger partial charge on any atom is 0.238 e. The molecule has 1 aromatic rings. The number of amides is 1. The van der Waals surface area contributed by atoms with Gasteiger partial charge in [0.1, 0.15) is 0 Å². The topological polar surface area (TPSA) is 32.3 Å². The summed E-state index contributed by atoms with van der Waals surface area (Å²) in [5.41, 5.74) is 2.88. The Balaban J connectivity index is 1.96. The lowest BCUT2D eigenvalue weighted by molar-refractivity contribution is -0.130. The second-order valence-electron chi connectivity index (χ2n) is 5.33. The normalized spacial score (nSPS) is 20.1. The molecule has 0 spiro atoms. The second kappa shape index (κ2) is 5.53. The predicted molar refractivity (Wildman–Crippen MR) is 73.5 cm³/mol. The molecule has 0 saturated carbocycles. The molecule has 3 nitrogen and oxygen atoms in total. The maximum absolute atomic E-state index is 11.8. The average Bonchev–Trinajstić information content (AvgIpc) is 2.37. The van der Waals surface area contributed by atoms with E-state index < -0.39 is 0 Å². The van der Waals surface area contributed by atoms with E-state index in [0.717, 1.165) is 19.3 Å². The highest BCUT2D eigenvalue weighted by Gasteiger charge is 2.22. The molecule has 2 rings (SSSR count). The molecule has 0 saturated heterocycles. The van der Waals surface area contributed by atoms with E-state index in [2.05, 4.69) is 29.6 Å². The minimum Gasteiger partial charge on any atom is -0.347 e. The first-order valence-corrected chi connectivity index (χ1v) is 6.62. The van der Waals surface area contributed by atoms with Gasteiger partial charge < -0.3 is 10.2 Å². The highest BCUT2D eigenvalue weighted by molar-refractivity contribution is 5.80. The highest BCUT2D eigenvalue weighted by atomic mass is 16.2. The molecule has 1 aliphatic carbocycles. The van der Waals surface area contributed by atoms with Gasteiger partial charge in [0.15, 0.2) is 0 Å². The molecule has 0 aliphatic heterocycles. The Morgan fingerprint density at radius 3 is 2.67 bits per heavy atom. The molecule has 2 unspecified atom stereocenters. The molecule has 0 fully saturated rings. The standard InChI is InChI=1S/C15H22N2O/c1-11(15(18)17(2)3)16-14-9-8-12-6-4-5-7-13(12)10-14/h4-7,11,14,16H,8-10H2,1-3H3. The van der Waals surface area contributed by atoms with Crippen molar-refractivity contribution in [2.24, 2.45) is 0 Å². The number of carbonyl (C=O) groups excluding carboxylic acids is 1. The summed E-state index contributed by atoms with van der Waals surface area (Å²) in [6, 6.07) is 8.91. The van der Waals surface area contributed by atoms with E-state index in [1.165, 1.54) is 11.1 Å². The van der Waals surface area contributed by atoms with Crippen LogP contribution >= 0.6 is 0 Å². The van der Waals surface area contributed by atoms with E-state index >= 15 is 0 Å². The zero-order valence-corrected chi connectivity index (χ0v) is 11.4. The molecule has 1 aromatic carbocycles. The van der Waals surface area contributed by atoms with E-state index in [1.54, 1.807) is 19.0 Å². The molecule has 18 heavy (non-hydrogen) atoms. The second-order valence-corrected chi connectivity index (χ2v) is 5.33. The van der Waals surface area contributed by atoms with Gasteiger partial charge >= 0.3 is 0 Å². The summed E-state index contributed by atoms with van der Waals surface area (Å²) in [5, 5.41) is 3.45. The molecule has 2 atom stereocenters. The van der Waals surface area contributed by atoms with E-state index in [0.29, 0.717) is 6.04 Å². The number of nitrogens with zero attached hydrogens (tertiary/aromatic N) is 1. The first-order chi connectivity index (χ1) is 8.58. The molecular weight excluding hydrogens is 224 g/mol. The van der Waals surface area contributed by atoms with Crippen LogP contribution in [0.25, 0.3) is 0 Å². The fraction of sp³-hybridized carbons (Fsp3) is 0.533. The Bertz CT molecular complexity index is 428. The fourth-order valence-corrected chi connectivity index (χ4v) is 2.65. The molecule has 1 aliphatic rings. The van der Waals surface area contributed by atoms with Crippen LogP contribution in [0.2, 0.25) is 0 Å². The number of aryl methyl sites for hydroxylation is 1. The van der Waals surface area contributed by atoms with Crippen LogP contribution in [-0.2, 0) is 17.6 Å². The molecule has 0 bridgehead atoms. The van der Waals surface area contributed by atoms with Crippen molar-refractivity contribution in [3.05, 3.63) is 35.4 Å². The molecule has 1 amide bonds. The minimum absolute atomic E-state index is 0.102.